The molecule has 5 heterocycles. The van der Waals surface area contributed by atoms with E-state index in [2.05, 4.69) is 0 Å². The fourth-order valence-electron chi connectivity index (χ4n) is 8.64. The highest BCUT2D eigenvalue weighted by atomic mass is 16.8. The molecule has 4 aliphatic rings. The molecular formula is C48H56O27. The van der Waals surface area contributed by atoms with E-state index in [-0.39, 0.29) is 22.8 Å². The van der Waals surface area contributed by atoms with Crippen molar-refractivity contribution in [2.24, 2.45) is 0 Å². The van der Waals surface area contributed by atoms with Gasteiger partial charge >= 0.3 is 5.97 Å². The zero-order chi connectivity index (χ0) is 54.2. The number of ether oxygens (including phenoxy) is 9. The molecule has 20 atom stereocenters. The summed E-state index contributed by atoms with van der Waals surface area (Å²) in [6.45, 7) is -1.35. The van der Waals surface area contributed by atoms with Crippen LogP contribution in [-0.4, -0.2) is 225 Å². The Hall–Kier alpha value is -5.64. The molecule has 4 fully saturated rings. The molecule has 3 aromatic carbocycles. The van der Waals surface area contributed by atoms with Gasteiger partial charge in [-0.05, 0) is 55.0 Å². The van der Waals surface area contributed by atoms with Gasteiger partial charge in [0.25, 0.3) is 0 Å². The molecule has 27 heteroatoms. The quantitative estimate of drug-likeness (QED) is 0.0397. The molecular weight excluding hydrogens is 1010 g/mol. The number of esters is 1. The predicted octanol–water partition coefficient (Wildman–Crippen LogP) is -4.13. The number of phenols is 3. The summed E-state index contributed by atoms with van der Waals surface area (Å²) in [6.07, 6.45) is -35.4. The maximum Gasteiger partial charge on any atom is 0.330 e. The first-order valence-corrected chi connectivity index (χ1v) is 23.2. The van der Waals surface area contributed by atoms with Crippen molar-refractivity contribution in [3.8, 4) is 40.1 Å². The SMILES string of the molecule is C[C@@H]1O[C@@H](Oc2cc(O)c3c(=O)c(O[C@@H]4O[C@H](CO)[C@@H](O)[C@H](O)[C@H]4O[C@@H]4O[C@H](COC(=O)/C=C/c5ccc(O)cc5)[C@@H](O)[C@H](O)[C@H]4O[C@@H]4O[C@H](CO)[C@@H](O)[C@H](O)[C@H]4O)c(-c4ccc(O)cc4)oc3c2)[C@H](O)[C@H](O)[C@H]1O. The average Bonchev–Trinajstić information content (AvgIpc) is 3.39. The molecule has 27 nitrogen and oxygen atoms in total. The lowest BCUT2D eigenvalue weighted by atomic mass is 9.96. The lowest BCUT2D eigenvalue weighted by Crippen LogP contribution is -2.67. The van der Waals surface area contributed by atoms with Crippen LogP contribution in [0.25, 0.3) is 28.4 Å². The average molecular weight is 1060 g/mol. The molecule has 0 saturated carbocycles. The second kappa shape index (κ2) is 23.3. The zero-order valence-corrected chi connectivity index (χ0v) is 39.2. The fourth-order valence-corrected chi connectivity index (χ4v) is 8.64. The number of aliphatic hydroxyl groups is 12. The van der Waals surface area contributed by atoms with Crippen LogP contribution in [-0.2, 0) is 38.0 Å². The van der Waals surface area contributed by atoms with Crippen molar-refractivity contribution >= 4 is 23.0 Å². The second-order valence-corrected chi connectivity index (χ2v) is 18.1. The van der Waals surface area contributed by atoms with Gasteiger partial charge < -0.3 is 124 Å². The van der Waals surface area contributed by atoms with E-state index in [9.17, 15) is 86.2 Å². The van der Waals surface area contributed by atoms with Crippen molar-refractivity contribution in [1.82, 2.24) is 0 Å². The van der Waals surface area contributed by atoms with Crippen molar-refractivity contribution < 1.29 is 128 Å². The Bertz CT molecular complexity index is 2660. The molecule has 0 radical (unpaired) electrons. The van der Waals surface area contributed by atoms with Crippen LogP contribution in [0.15, 0.2) is 76.0 Å². The third kappa shape index (κ3) is 11.7. The Morgan fingerprint density at radius 1 is 0.587 bits per heavy atom. The predicted molar refractivity (Wildman–Crippen MR) is 245 cm³/mol. The molecule has 410 valence electrons. The smallest absolute Gasteiger partial charge is 0.330 e. The molecule has 0 unspecified atom stereocenters. The van der Waals surface area contributed by atoms with Gasteiger partial charge in [0.15, 0.2) is 24.4 Å². The molecule has 8 rings (SSSR count). The number of benzene rings is 3. The largest absolute Gasteiger partial charge is 0.508 e. The van der Waals surface area contributed by atoms with Crippen molar-refractivity contribution in [3.63, 3.8) is 0 Å². The lowest BCUT2D eigenvalue weighted by molar-refractivity contribution is -0.389. The normalized spacial score (nSPS) is 36.3. The summed E-state index contributed by atoms with van der Waals surface area (Å²) < 4.78 is 58.1. The number of aliphatic hydroxyl groups excluding tert-OH is 12. The highest BCUT2D eigenvalue weighted by molar-refractivity contribution is 5.88. The van der Waals surface area contributed by atoms with Crippen LogP contribution in [0.4, 0.5) is 0 Å². The van der Waals surface area contributed by atoms with E-state index in [1.807, 2.05) is 0 Å². The number of fused-ring (bicyclic) bond motifs is 1. The Balaban J connectivity index is 1.15. The van der Waals surface area contributed by atoms with Gasteiger partial charge in [-0.2, -0.15) is 0 Å². The highest BCUT2D eigenvalue weighted by Gasteiger charge is 2.55. The Morgan fingerprint density at radius 2 is 1.12 bits per heavy atom. The third-order valence-corrected chi connectivity index (χ3v) is 12.9. The van der Waals surface area contributed by atoms with Gasteiger partial charge in [0, 0.05) is 23.8 Å². The van der Waals surface area contributed by atoms with E-state index in [1.54, 1.807) is 0 Å². The standard InChI is InChI=1S/C48H56O27/c1-17-30(55)35(60)39(64)45(67-17)68-22-12-23(53)29-24(13-22)69-41(19-5-9-21(52)10-6-19)42(34(29)59)73-47-44(37(62)32(57)26(15-50)71-47)75-48-43(74-46-40(65)36(61)31(56)25(14-49)70-46)38(63)33(58)27(72-48)16-66-28(54)11-4-18-2-7-20(51)8-3-18/h2-13,17,25-27,30-33,35-40,43-53,55-58,60-65H,14-16H2,1H3/b11-4+/t17-,25+,26+,27+,30-,31+,32+,33+,35+,36-,37-,38-,39+,40+,43+,44+,45-,46-,47-,48-/m0/s1. The summed E-state index contributed by atoms with van der Waals surface area (Å²) in [7, 11) is 0. The minimum absolute atomic E-state index is 0.00756. The van der Waals surface area contributed by atoms with Gasteiger partial charge in [0.1, 0.15) is 126 Å². The van der Waals surface area contributed by atoms with Gasteiger partial charge in [-0.1, -0.05) is 12.1 Å². The molecule has 4 aliphatic heterocycles. The number of hydrogen-bond acceptors (Lipinski definition) is 27. The van der Waals surface area contributed by atoms with Crippen LogP contribution in [0.2, 0.25) is 0 Å². The maximum atomic E-state index is 14.7. The van der Waals surface area contributed by atoms with Crippen LogP contribution in [0.5, 0.6) is 28.7 Å². The molecule has 0 amide bonds. The summed E-state index contributed by atoms with van der Waals surface area (Å²) >= 11 is 0. The number of carbonyl (C=O) groups excluding carboxylic acids is 1. The third-order valence-electron chi connectivity index (χ3n) is 12.9. The molecule has 4 saturated heterocycles. The Morgan fingerprint density at radius 3 is 1.76 bits per heavy atom. The van der Waals surface area contributed by atoms with Crippen molar-refractivity contribution in [2.45, 2.75) is 130 Å². The van der Waals surface area contributed by atoms with Gasteiger partial charge in [-0.25, -0.2) is 4.79 Å². The van der Waals surface area contributed by atoms with Gasteiger partial charge in [0.2, 0.25) is 23.8 Å². The summed E-state index contributed by atoms with van der Waals surface area (Å²) in [5.74, 6) is -3.65. The summed E-state index contributed by atoms with van der Waals surface area (Å²) in [6, 6.07) is 12.7. The molecule has 15 N–H and O–H groups in total. The van der Waals surface area contributed by atoms with E-state index in [4.69, 9.17) is 47.0 Å². The van der Waals surface area contributed by atoms with Crippen LogP contribution in [0.1, 0.15) is 12.5 Å². The minimum Gasteiger partial charge on any atom is -0.508 e. The van der Waals surface area contributed by atoms with E-state index in [0.717, 1.165) is 18.2 Å². The first-order chi connectivity index (χ1) is 35.7. The molecule has 0 bridgehead atoms. The molecule has 1 aromatic heterocycles. The number of rotatable bonds is 15. The van der Waals surface area contributed by atoms with Crippen molar-refractivity contribution in [2.75, 3.05) is 19.8 Å². The van der Waals surface area contributed by atoms with E-state index in [1.165, 1.54) is 61.5 Å². The van der Waals surface area contributed by atoms with Gasteiger partial charge in [-0.3, -0.25) is 4.79 Å². The molecule has 0 spiro atoms. The zero-order valence-electron chi connectivity index (χ0n) is 39.2. The number of hydrogen-bond donors (Lipinski definition) is 15. The van der Waals surface area contributed by atoms with Crippen molar-refractivity contribution in [3.05, 3.63) is 82.5 Å². The summed E-state index contributed by atoms with van der Waals surface area (Å²) in [5, 5.41) is 159. The minimum atomic E-state index is -2.21. The topological polar surface area (TPSA) is 434 Å². The second-order valence-electron chi connectivity index (χ2n) is 18.1. The first-order valence-electron chi connectivity index (χ1n) is 23.2. The van der Waals surface area contributed by atoms with E-state index < -0.39 is 182 Å². The molecule has 4 aromatic rings. The van der Waals surface area contributed by atoms with Crippen LogP contribution in [0.3, 0.4) is 0 Å². The molecule has 75 heavy (non-hydrogen) atoms. The molecule has 0 aliphatic carbocycles. The van der Waals surface area contributed by atoms with Crippen LogP contribution < -0.4 is 14.9 Å². The summed E-state index contributed by atoms with van der Waals surface area (Å²) in [4.78, 5) is 27.5. The Labute approximate surface area is 422 Å². The Kier molecular flexibility index (Phi) is 17.3. The maximum absolute atomic E-state index is 14.7. The first kappa shape index (κ1) is 55.6. The highest BCUT2D eigenvalue weighted by Crippen LogP contribution is 2.40. The lowest BCUT2D eigenvalue weighted by Gasteiger charge is -2.48. The van der Waals surface area contributed by atoms with Gasteiger partial charge in [0.05, 0.1) is 19.3 Å². The fraction of sp³-hybridized carbons (Fsp3) is 0.500. The number of carbonyl (C=O) groups is 1. The van der Waals surface area contributed by atoms with Crippen molar-refractivity contribution in [1.29, 1.82) is 0 Å². The van der Waals surface area contributed by atoms with Crippen LogP contribution in [0, 0.1) is 0 Å². The van der Waals surface area contributed by atoms with E-state index >= 15 is 0 Å². The monoisotopic (exact) mass is 1060 g/mol. The van der Waals surface area contributed by atoms with Gasteiger partial charge in [-0.15, -0.1) is 0 Å². The van der Waals surface area contributed by atoms with Crippen LogP contribution >= 0.6 is 0 Å². The summed E-state index contributed by atoms with van der Waals surface area (Å²) in [5.41, 5.74) is -1.08. The number of phenolic OH excluding ortho intramolecular Hbond substituents is 3. The van der Waals surface area contributed by atoms with E-state index in [0.29, 0.717) is 5.56 Å². The number of aromatic hydroxyl groups is 3.